The van der Waals surface area contributed by atoms with E-state index in [0.29, 0.717) is 0 Å². The van der Waals surface area contributed by atoms with Crippen LogP contribution >= 0.6 is 11.8 Å². The molecule has 0 saturated heterocycles. The SMILES string of the molecule is N#CSC(=O)C(CCCF)C(=O)O. The number of aliphatic carboxylic acids is 1. The molecule has 1 atom stereocenters. The fourth-order valence-electron chi connectivity index (χ4n) is 0.740. The van der Waals surface area contributed by atoms with Gasteiger partial charge in [0.25, 0.3) is 0 Å². The van der Waals surface area contributed by atoms with Crippen LogP contribution in [0.3, 0.4) is 0 Å². The maximum absolute atomic E-state index is 11.7. The smallest absolute Gasteiger partial charge is 0.315 e. The van der Waals surface area contributed by atoms with Crippen molar-refractivity contribution in [3.63, 3.8) is 0 Å². The van der Waals surface area contributed by atoms with Crippen LogP contribution < -0.4 is 0 Å². The van der Waals surface area contributed by atoms with E-state index in [1.165, 1.54) is 5.40 Å². The lowest BCUT2D eigenvalue weighted by Crippen LogP contribution is -2.21. The van der Waals surface area contributed by atoms with E-state index in [9.17, 15) is 14.0 Å². The molecule has 6 heteroatoms. The molecule has 0 aromatic rings. The Bertz CT molecular complexity index is 238. The third kappa shape index (κ3) is 4.48. The van der Waals surface area contributed by atoms with Gasteiger partial charge in [-0.1, -0.05) is 0 Å². The number of carboxylic acid groups (broad SMARTS) is 1. The average molecular weight is 205 g/mol. The number of thioether (sulfide) groups is 1. The molecule has 0 aromatic carbocycles. The number of thiocyanates is 1. The van der Waals surface area contributed by atoms with Crippen LogP contribution in [0.15, 0.2) is 0 Å². The number of nitrogens with zero attached hydrogens (tertiary/aromatic N) is 1. The summed E-state index contributed by atoms with van der Waals surface area (Å²) in [7, 11) is 0. The standard InChI is InChI=1S/C7H8FNO3S/c8-3-1-2-5(6(10)11)7(12)13-4-9/h5H,1-3H2,(H,10,11). The first-order valence-corrected chi connectivity index (χ1v) is 4.33. The zero-order chi connectivity index (χ0) is 10.3. The molecular formula is C7H8FNO3S. The molecular weight excluding hydrogens is 197 g/mol. The Morgan fingerprint density at radius 3 is 2.62 bits per heavy atom. The highest BCUT2D eigenvalue weighted by Crippen LogP contribution is 2.15. The Kier molecular flexibility index (Phi) is 5.89. The maximum Gasteiger partial charge on any atom is 0.315 e. The van der Waals surface area contributed by atoms with Crippen LogP contribution in [0, 0.1) is 16.6 Å². The number of hydrogen-bond acceptors (Lipinski definition) is 4. The molecule has 4 nitrogen and oxygen atoms in total. The third-order valence-electron chi connectivity index (χ3n) is 1.36. The lowest BCUT2D eigenvalue weighted by Gasteiger charge is -2.05. The first kappa shape index (κ1) is 11.9. The molecule has 13 heavy (non-hydrogen) atoms. The van der Waals surface area contributed by atoms with E-state index in [0.717, 1.165) is 0 Å². The van der Waals surface area contributed by atoms with Gasteiger partial charge in [-0.15, -0.1) is 0 Å². The van der Waals surface area contributed by atoms with Crippen LogP contribution in [0.5, 0.6) is 0 Å². The summed E-state index contributed by atoms with van der Waals surface area (Å²) in [6, 6.07) is 0. The van der Waals surface area contributed by atoms with E-state index in [1.807, 2.05) is 0 Å². The molecule has 0 spiro atoms. The zero-order valence-corrected chi connectivity index (χ0v) is 7.51. The molecule has 72 valence electrons. The Morgan fingerprint density at radius 1 is 1.62 bits per heavy atom. The highest BCUT2D eigenvalue weighted by atomic mass is 32.2. The highest BCUT2D eigenvalue weighted by molar-refractivity contribution is 8.17. The van der Waals surface area contributed by atoms with Gasteiger partial charge >= 0.3 is 5.97 Å². The lowest BCUT2D eigenvalue weighted by atomic mass is 10.1. The predicted molar refractivity (Wildman–Crippen MR) is 44.5 cm³/mol. The van der Waals surface area contributed by atoms with Crippen molar-refractivity contribution in [3.05, 3.63) is 0 Å². The minimum Gasteiger partial charge on any atom is -0.481 e. The van der Waals surface area contributed by atoms with E-state index < -0.39 is 23.7 Å². The summed E-state index contributed by atoms with van der Waals surface area (Å²) < 4.78 is 11.7. The van der Waals surface area contributed by atoms with Crippen molar-refractivity contribution >= 4 is 22.8 Å². The Balaban J connectivity index is 4.17. The molecule has 0 fully saturated rings. The monoisotopic (exact) mass is 205 g/mol. The first-order valence-electron chi connectivity index (χ1n) is 3.52. The summed E-state index contributed by atoms with van der Waals surface area (Å²) in [6.45, 7) is -0.658. The van der Waals surface area contributed by atoms with Crippen molar-refractivity contribution in [1.82, 2.24) is 0 Å². The fraction of sp³-hybridized carbons (Fsp3) is 0.571. The maximum atomic E-state index is 11.7. The molecule has 0 amide bonds. The van der Waals surface area contributed by atoms with Gasteiger partial charge in [0.2, 0.25) is 5.12 Å². The molecule has 0 heterocycles. The van der Waals surface area contributed by atoms with Crippen molar-refractivity contribution in [1.29, 1.82) is 5.26 Å². The summed E-state index contributed by atoms with van der Waals surface area (Å²) >= 11 is 0.282. The van der Waals surface area contributed by atoms with Gasteiger partial charge in [-0.2, -0.15) is 5.26 Å². The summed E-state index contributed by atoms with van der Waals surface area (Å²) in [4.78, 5) is 21.4. The molecule has 0 aliphatic rings. The minimum atomic E-state index is -1.30. The number of hydrogen-bond donors (Lipinski definition) is 1. The molecule has 0 aliphatic carbocycles. The van der Waals surface area contributed by atoms with Gasteiger partial charge in [0, 0.05) is 11.8 Å². The summed E-state index contributed by atoms with van der Waals surface area (Å²) in [5.74, 6) is -2.57. The zero-order valence-electron chi connectivity index (χ0n) is 6.70. The van der Waals surface area contributed by atoms with E-state index in [-0.39, 0.29) is 24.6 Å². The van der Waals surface area contributed by atoms with Gasteiger partial charge in [-0.25, -0.2) is 0 Å². The number of nitriles is 1. The Morgan fingerprint density at radius 2 is 2.23 bits per heavy atom. The second kappa shape index (κ2) is 6.43. The van der Waals surface area contributed by atoms with E-state index in [4.69, 9.17) is 10.4 Å². The average Bonchev–Trinajstić information content (AvgIpc) is 2.05. The quantitative estimate of drug-likeness (QED) is 0.538. The molecule has 0 rings (SSSR count). The van der Waals surface area contributed by atoms with Gasteiger partial charge in [0.15, 0.2) is 0 Å². The van der Waals surface area contributed by atoms with Gasteiger partial charge in [0.05, 0.1) is 6.67 Å². The molecule has 0 aliphatic heterocycles. The molecule has 1 N–H and O–H groups in total. The lowest BCUT2D eigenvalue weighted by molar-refractivity contribution is -0.144. The van der Waals surface area contributed by atoms with E-state index in [2.05, 4.69) is 0 Å². The van der Waals surface area contributed by atoms with Crippen molar-refractivity contribution in [2.45, 2.75) is 12.8 Å². The predicted octanol–water partition coefficient (Wildman–Crippen LogP) is 1.18. The number of carbonyl (C=O) groups excluding carboxylic acids is 1. The number of halogens is 1. The van der Waals surface area contributed by atoms with Crippen LogP contribution in [-0.4, -0.2) is 22.9 Å². The van der Waals surface area contributed by atoms with Gasteiger partial charge in [-0.05, 0) is 12.8 Å². The second-order valence-electron chi connectivity index (χ2n) is 2.23. The highest BCUT2D eigenvalue weighted by Gasteiger charge is 2.25. The van der Waals surface area contributed by atoms with Gasteiger partial charge in [-0.3, -0.25) is 14.0 Å². The van der Waals surface area contributed by atoms with Crippen molar-refractivity contribution < 1.29 is 19.1 Å². The van der Waals surface area contributed by atoms with Crippen molar-refractivity contribution in [2.75, 3.05) is 6.67 Å². The van der Waals surface area contributed by atoms with Crippen LogP contribution in [0.1, 0.15) is 12.8 Å². The van der Waals surface area contributed by atoms with Crippen LogP contribution in [0.25, 0.3) is 0 Å². The van der Waals surface area contributed by atoms with Gasteiger partial charge in [0.1, 0.15) is 11.3 Å². The van der Waals surface area contributed by atoms with E-state index in [1.54, 1.807) is 0 Å². The summed E-state index contributed by atoms with van der Waals surface area (Å²) in [6.07, 6.45) is -0.0337. The van der Waals surface area contributed by atoms with Crippen LogP contribution in [0.2, 0.25) is 0 Å². The van der Waals surface area contributed by atoms with Crippen molar-refractivity contribution in [3.8, 4) is 5.40 Å². The largest absolute Gasteiger partial charge is 0.481 e. The Hall–Kier alpha value is -1.09. The van der Waals surface area contributed by atoms with Crippen molar-refractivity contribution in [2.24, 2.45) is 5.92 Å². The normalized spacial score (nSPS) is 11.7. The molecule has 0 saturated carbocycles. The number of rotatable bonds is 5. The molecule has 0 aromatic heterocycles. The molecule has 0 radical (unpaired) electrons. The van der Waals surface area contributed by atoms with Crippen LogP contribution in [0.4, 0.5) is 4.39 Å². The number of carboxylic acids is 1. The third-order valence-corrected chi connectivity index (χ3v) is 1.93. The summed E-state index contributed by atoms with van der Waals surface area (Å²) in [5.41, 5.74) is 0. The first-order chi connectivity index (χ1) is 6.13. The second-order valence-corrected chi connectivity index (χ2v) is 3.02. The molecule has 0 bridgehead atoms. The summed E-state index contributed by atoms with van der Waals surface area (Å²) in [5, 5.41) is 17.4. The van der Waals surface area contributed by atoms with Crippen LogP contribution in [-0.2, 0) is 9.59 Å². The number of alkyl halides is 1. The van der Waals surface area contributed by atoms with Gasteiger partial charge < -0.3 is 5.11 Å². The topological polar surface area (TPSA) is 78.2 Å². The minimum absolute atomic E-state index is 0.0225. The Labute approximate surface area is 78.7 Å². The molecule has 1 unspecified atom stereocenters. The fourth-order valence-corrected chi connectivity index (χ4v) is 1.19. The van der Waals surface area contributed by atoms with E-state index >= 15 is 0 Å². The number of carbonyl (C=O) groups is 2.